The summed E-state index contributed by atoms with van der Waals surface area (Å²) >= 11 is 0. The van der Waals surface area contributed by atoms with Crippen molar-refractivity contribution in [3.05, 3.63) is 17.7 Å². The average molecular weight is 291 g/mol. The van der Waals surface area contributed by atoms with Gasteiger partial charge in [0.1, 0.15) is 0 Å². The third-order valence-electron chi connectivity index (χ3n) is 2.28. The van der Waals surface area contributed by atoms with Gasteiger partial charge in [0.15, 0.2) is 11.5 Å². The van der Waals surface area contributed by atoms with Crippen molar-refractivity contribution in [2.45, 2.75) is 19.4 Å². The van der Waals surface area contributed by atoms with Gasteiger partial charge in [-0.3, -0.25) is 9.79 Å². The monoisotopic (exact) mass is 291 g/mol. The van der Waals surface area contributed by atoms with Crippen molar-refractivity contribution in [2.24, 2.45) is 5.73 Å². The fourth-order valence-corrected chi connectivity index (χ4v) is 2.06. The molecular weight excluding hydrogens is 273 g/mol. The smallest absolute Gasteiger partial charge is 0.493 e. The Morgan fingerprint density at radius 3 is 2.26 bits per heavy atom. The molecule has 0 spiro atoms. The number of phosphoric ester groups is 1. The first-order valence-corrected chi connectivity index (χ1v) is 7.05. The highest BCUT2D eigenvalue weighted by atomic mass is 31.2. The number of hydrogen-bond acceptors (Lipinski definition) is 5. The van der Waals surface area contributed by atoms with Crippen LogP contribution < -0.4 is 19.7 Å². The largest absolute Gasteiger partial charge is 0.524 e. The Hall–Kier alpha value is -1.27. The SMILES string of the molecule is COc1cc(CC(C)N)cc(OP(=O)(O)O)c1OC. The fourth-order valence-electron chi connectivity index (χ4n) is 1.67. The number of benzene rings is 1. The van der Waals surface area contributed by atoms with E-state index in [4.69, 9.17) is 25.0 Å². The minimum absolute atomic E-state index is 0.0779. The molecule has 0 heterocycles. The zero-order chi connectivity index (χ0) is 14.6. The lowest BCUT2D eigenvalue weighted by Gasteiger charge is -2.16. The quantitative estimate of drug-likeness (QED) is 0.672. The second-order valence-electron chi connectivity index (χ2n) is 4.09. The predicted octanol–water partition coefficient (Wildman–Crippen LogP) is 1.06. The van der Waals surface area contributed by atoms with E-state index in [1.54, 1.807) is 6.07 Å². The van der Waals surface area contributed by atoms with E-state index in [0.717, 1.165) is 5.56 Å². The van der Waals surface area contributed by atoms with E-state index in [9.17, 15) is 4.57 Å². The van der Waals surface area contributed by atoms with Crippen molar-refractivity contribution < 1.29 is 28.3 Å². The molecule has 1 aromatic rings. The average Bonchev–Trinajstić information content (AvgIpc) is 2.25. The number of methoxy groups -OCH3 is 2. The maximum Gasteiger partial charge on any atom is 0.524 e. The van der Waals surface area contributed by atoms with Crippen molar-refractivity contribution >= 4 is 7.82 Å². The number of rotatable bonds is 6. The second-order valence-corrected chi connectivity index (χ2v) is 5.26. The van der Waals surface area contributed by atoms with Gasteiger partial charge in [0.2, 0.25) is 5.75 Å². The van der Waals surface area contributed by atoms with Gasteiger partial charge in [-0.2, -0.15) is 0 Å². The molecule has 7 nitrogen and oxygen atoms in total. The van der Waals surface area contributed by atoms with Gasteiger partial charge in [-0.05, 0) is 31.0 Å². The maximum absolute atomic E-state index is 11.0. The molecule has 0 aromatic heterocycles. The molecule has 8 heteroatoms. The van der Waals surface area contributed by atoms with Crippen LogP contribution in [0.2, 0.25) is 0 Å². The summed E-state index contributed by atoms with van der Waals surface area (Å²) in [5.41, 5.74) is 6.43. The molecule has 19 heavy (non-hydrogen) atoms. The van der Waals surface area contributed by atoms with Crippen molar-refractivity contribution in [3.63, 3.8) is 0 Å². The van der Waals surface area contributed by atoms with Crippen LogP contribution in [-0.4, -0.2) is 30.0 Å². The first-order chi connectivity index (χ1) is 8.76. The van der Waals surface area contributed by atoms with Crippen LogP contribution in [0.4, 0.5) is 0 Å². The predicted molar refractivity (Wildman–Crippen MR) is 69.6 cm³/mol. The molecule has 0 aliphatic carbocycles. The van der Waals surface area contributed by atoms with Gasteiger partial charge in [0.05, 0.1) is 14.2 Å². The highest BCUT2D eigenvalue weighted by Gasteiger charge is 2.22. The van der Waals surface area contributed by atoms with Crippen LogP contribution in [0.1, 0.15) is 12.5 Å². The molecule has 1 atom stereocenters. The lowest BCUT2D eigenvalue weighted by Crippen LogP contribution is -2.17. The number of phosphoric acid groups is 1. The Bertz CT molecular complexity index is 484. The van der Waals surface area contributed by atoms with E-state index in [1.165, 1.54) is 20.3 Å². The van der Waals surface area contributed by atoms with Gasteiger partial charge < -0.3 is 19.7 Å². The molecule has 1 rings (SSSR count). The highest BCUT2D eigenvalue weighted by molar-refractivity contribution is 7.46. The van der Waals surface area contributed by atoms with Gasteiger partial charge in [0.25, 0.3) is 0 Å². The van der Waals surface area contributed by atoms with E-state index in [1.807, 2.05) is 6.92 Å². The lowest BCUT2D eigenvalue weighted by molar-refractivity contribution is 0.273. The summed E-state index contributed by atoms with van der Waals surface area (Å²) in [6.45, 7) is 1.82. The summed E-state index contributed by atoms with van der Waals surface area (Å²) in [7, 11) is -1.90. The first kappa shape index (κ1) is 15.8. The molecule has 0 aliphatic heterocycles. The summed E-state index contributed by atoms with van der Waals surface area (Å²) in [5, 5.41) is 0. The van der Waals surface area contributed by atoms with Crippen LogP contribution in [0.5, 0.6) is 17.2 Å². The lowest BCUT2D eigenvalue weighted by atomic mass is 10.1. The van der Waals surface area contributed by atoms with Gasteiger partial charge in [-0.25, -0.2) is 4.57 Å². The number of nitrogens with two attached hydrogens (primary N) is 1. The van der Waals surface area contributed by atoms with Gasteiger partial charge in [-0.15, -0.1) is 0 Å². The zero-order valence-electron chi connectivity index (χ0n) is 11.0. The molecule has 0 fully saturated rings. The van der Waals surface area contributed by atoms with E-state index >= 15 is 0 Å². The molecule has 1 aromatic carbocycles. The van der Waals surface area contributed by atoms with Crippen LogP contribution in [0.15, 0.2) is 12.1 Å². The van der Waals surface area contributed by atoms with E-state index in [2.05, 4.69) is 4.52 Å². The minimum Gasteiger partial charge on any atom is -0.493 e. The Morgan fingerprint density at radius 1 is 1.26 bits per heavy atom. The Kier molecular flexibility index (Phi) is 5.20. The van der Waals surface area contributed by atoms with Gasteiger partial charge >= 0.3 is 7.82 Å². The summed E-state index contributed by atoms with van der Waals surface area (Å²) in [6.07, 6.45) is 0.512. The molecule has 0 aliphatic rings. The number of hydrogen-bond donors (Lipinski definition) is 3. The molecule has 0 saturated heterocycles. The van der Waals surface area contributed by atoms with Crippen LogP contribution >= 0.6 is 7.82 Å². The molecule has 108 valence electrons. The van der Waals surface area contributed by atoms with Crippen molar-refractivity contribution in [2.75, 3.05) is 14.2 Å². The molecule has 1 unspecified atom stereocenters. The summed E-state index contributed by atoms with van der Waals surface area (Å²) < 4.78 is 25.7. The third kappa shape index (κ3) is 4.72. The summed E-state index contributed by atoms with van der Waals surface area (Å²) in [6, 6.07) is 3.06. The minimum atomic E-state index is -4.68. The van der Waals surface area contributed by atoms with Crippen LogP contribution in [0.25, 0.3) is 0 Å². The standard InChI is InChI=1S/C11H18NO6P/c1-7(12)4-8-5-9(16-2)11(17-3)10(6-8)18-19(13,14)15/h5-7H,4,12H2,1-3H3,(H2,13,14,15). The van der Waals surface area contributed by atoms with Crippen LogP contribution in [-0.2, 0) is 11.0 Å². The summed E-state index contributed by atoms with van der Waals surface area (Å²) in [5.74, 6) is 0.370. The zero-order valence-corrected chi connectivity index (χ0v) is 11.9. The van der Waals surface area contributed by atoms with Crippen LogP contribution in [0.3, 0.4) is 0 Å². The molecular formula is C11H18NO6P. The van der Waals surface area contributed by atoms with Crippen molar-refractivity contribution in [3.8, 4) is 17.2 Å². The second kappa shape index (κ2) is 6.25. The molecule has 4 N–H and O–H groups in total. The Labute approximate surface area is 111 Å². The fraction of sp³-hybridized carbons (Fsp3) is 0.455. The topological polar surface area (TPSA) is 111 Å². The third-order valence-corrected chi connectivity index (χ3v) is 2.71. The first-order valence-electron chi connectivity index (χ1n) is 5.52. The number of ether oxygens (including phenoxy) is 2. The Morgan fingerprint density at radius 2 is 1.84 bits per heavy atom. The summed E-state index contributed by atoms with van der Waals surface area (Å²) in [4.78, 5) is 17.8. The van der Waals surface area contributed by atoms with E-state index in [0.29, 0.717) is 12.2 Å². The molecule has 0 radical (unpaired) electrons. The van der Waals surface area contributed by atoms with Crippen molar-refractivity contribution in [1.82, 2.24) is 0 Å². The molecule has 0 saturated carbocycles. The van der Waals surface area contributed by atoms with E-state index < -0.39 is 7.82 Å². The van der Waals surface area contributed by atoms with Gasteiger partial charge in [0, 0.05) is 6.04 Å². The van der Waals surface area contributed by atoms with Crippen LogP contribution in [0, 0.1) is 0 Å². The van der Waals surface area contributed by atoms with E-state index in [-0.39, 0.29) is 17.5 Å². The maximum atomic E-state index is 11.0. The molecule has 0 bridgehead atoms. The van der Waals surface area contributed by atoms with Gasteiger partial charge in [-0.1, -0.05) is 0 Å². The molecule has 0 amide bonds. The highest BCUT2D eigenvalue weighted by Crippen LogP contribution is 2.46. The Balaban J connectivity index is 3.27. The van der Waals surface area contributed by atoms with Crippen molar-refractivity contribution in [1.29, 1.82) is 0 Å². The normalized spacial score (nSPS) is 12.9.